The number of allylic oxidation sites excluding steroid dienone is 3. The normalized spacial score (nSPS) is 11.5. The zero-order valence-corrected chi connectivity index (χ0v) is 15.7. The number of hydrogen-bond donors (Lipinski definition) is 0. The molecular formula is C21H21N3OS. The number of rotatable bonds is 6. The van der Waals surface area contributed by atoms with Crippen LogP contribution in [0.1, 0.15) is 12.5 Å². The lowest BCUT2D eigenvalue weighted by atomic mass is 10.2. The smallest absolute Gasteiger partial charge is 0.246 e. The number of benzene rings is 1. The molecule has 0 N–H and O–H groups in total. The van der Waals surface area contributed by atoms with Crippen LogP contribution in [0.3, 0.4) is 0 Å². The van der Waals surface area contributed by atoms with Crippen molar-refractivity contribution < 1.29 is 4.79 Å². The summed E-state index contributed by atoms with van der Waals surface area (Å²) < 4.78 is 1.87. The fourth-order valence-corrected chi connectivity index (χ4v) is 3.31. The standard InChI is InChI=1S/C21H21N3OS/c1-3-4-6-13-20(25)23(2)15-17-16-24(18-10-7-5-8-11-18)22-21(17)19-12-9-14-26-19/h3-14,16H,15H2,1-2H3/b4-3+,13-6+. The van der Waals surface area contributed by atoms with Crippen LogP contribution in [0.2, 0.25) is 0 Å². The number of carbonyl (C=O) groups excluding carboxylic acids is 1. The second-order valence-electron chi connectivity index (χ2n) is 5.84. The molecule has 0 unspecified atom stereocenters. The first-order chi connectivity index (χ1) is 12.7. The maximum atomic E-state index is 12.3. The van der Waals surface area contributed by atoms with Gasteiger partial charge in [0.05, 0.1) is 10.6 Å². The summed E-state index contributed by atoms with van der Waals surface area (Å²) in [5, 5.41) is 6.81. The van der Waals surface area contributed by atoms with Crippen molar-refractivity contribution in [1.29, 1.82) is 0 Å². The number of thiophene rings is 1. The largest absolute Gasteiger partial charge is 0.338 e. The van der Waals surface area contributed by atoms with Crippen LogP contribution in [-0.2, 0) is 11.3 Å². The van der Waals surface area contributed by atoms with Crippen LogP contribution in [0.15, 0.2) is 78.3 Å². The Morgan fingerprint density at radius 2 is 2.00 bits per heavy atom. The van der Waals surface area contributed by atoms with Crippen LogP contribution in [0, 0.1) is 0 Å². The summed E-state index contributed by atoms with van der Waals surface area (Å²) in [4.78, 5) is 15.1. The molecule has 1 aromatic carbocycles. The Morgan fingerprint density at radius 3 is 2.69 bits per heavy atom. The molecule has 2 aromatic heterocycles. The highest BCUT2D eigenvalue weighted by Gasteiger charge is 2.16. The fraction of sp³-hybridized carbons (Fsp3) is 0.143. The molecule has 1 amide bonds. The molecule has 0 radical (unpaired) electrons. The van der Waals surface area contributed by atoms with Crippen molar-refractivity contribution >= 4 is 17.2 Å². The van der Waals surface area contributed by atoms with Crippen molar-refractivity contribution in [2.24, 2.45) is 0 Å². The van der Waals surface area contributed by atoms with Gasteiger partial charge in [-0.1, -0.05) is 42.5 Å². The van der Waals surface area contributed by atoms with Gasteiger partial charge in [0.2, 0.25) is 5.91 Å². The zero-order chi connectivity index (χ0) is 18.4. The van der Waals surface area contributed by atoms with Crippen LogP contribution < -0.4 is 0 Å². The van der Waals surface area contributed by atoms with Crippen molar-refractivity contribution in [2.45, 2.75) is 13.5 Å². The molecule has 2 heterocycles. The van der Waals surface area contributed by atoms with Crippen molar-refractivity contribution in [3.63, 3.8) is 0 Å². The Bertz CT molecular complexity index is 908. The Hall–Kier alpha value is -2.92. The third kappa shape index (κ3) is 4.18. The van der Waals surface area contributed by atoms with E-state index in [1.165, 1.54) is 0 Å². The van der Waals surface area contributed by atoms with E-state index in [-0.39, 0.29) is 5.91 Å². The third-order valence-corrected chi connectivity index (χ3v) is 4.77. The molecule has 0 fully saturated rings. The van der Waals surface area contributed by atoms with Crippen molar-refractivity contribution in [1.82, 2.24) is 14.7 Å². The Kier molecular flexibility index (Phi) is 5.81. The molecule has 4 nitrogen and oxygen atoms in total. The molecule has 0 aliphatic carbocycles. The maximum Gasteiger partial charge on any atom is 0.246 e. The Morgan fingerprint density at radius 1 is 1.19 bits per heavy atom. The molecule has 0 atom stereocenters. The molecule has 0 bridgehead atoms. The highest BCUT2D eigenvalue weighted by molar-refractivity contribution is 7.13. The van der Waals surface area contributed by atoms with Gasteiger partial charge < -0.3 is 4.90 Å². The SMILES string of the molecule is C/C=C/C=C/C(=O)N(C)Cc1cn(-c2ccccc2)nc1-c1cccs1. The van der Waals surface area contributed by atoms with E-state index in [9.17, 15) is 4.79 Å². The molecule has 3 rings (SSSR count). The van der Waals surface area contributed by atoms with Gasteiger partial charge in [-0.05, 0) is 30.5 Å². The predicted molar refractivity (Wildman–Crippen MR) is 107 cm³/mol. The van der Waals surface area contributed by atoms with Crippen LogP contribution >= 0.6 is 11.3 Å². The number of carbonyl (C=O) groups is 1. The van der Waals surface area contributed by atoms with Gasteiger partial charge in [-0.15, -0.1) is 11.3 Å². The van der Waals surface area contributed by atoms with Gasteiger partial charge in [-0.3, -0.25) is 4.79 Å². The van der Waals surface area contributed by atoms with Gasteiger partial charge in [0, 0.05) is 31.4 Å². The van der Waals surface area contributed by atoms with E-state index in [2.05, 4.69) is 6.07 Å². The summed E-state index contributed by atoms with van der Waals surface area (Å²) in [6, 6.07) is 14.1. The molecular weight excluding hydrogens is 342 g/mol. The maximum absolute atomic E-state index is 12.3. The summed E-state index contributed by atoms with van der Waals surface area (Å²) in [6.45, 7) is 2.42. The number of amides is 1. The summed E-state index contributed by atoms with van der Waals surface area (Å²) in [6.07, 6.45) is 9.07. The lowest BCUT2D eigenvalue weighted by Gasteiger charge is -2.14. The summed E-state index contributed by atoms with van der Waals surface area (Å²) in [5.74, 6) is -0.0345. The van der Waals surface area contributed by atoms with Gasteiger partial charge in [-0.25, -0.2) is 4.68 Å². The van der Waals surface area contributed by atoms with Gasteiger partial charge in [0.25, 0.3) is 0 Å². The summed E-state index contributed by atoms with van der Waals surface area (Å²) >= 11 is 1.65. The van der Waals surface area contributed by atoms with E-state index in [0.29, 0.717) is 6.54 Å². The first-order valence-electron chi connectivity index (χ1n) is 8.41. The first-order valence-corrected chi connectivity index (χ1v) is 9.29. The van der Waals surface area contributed by atoms with E-state index < -0.39 is 0 Å². The van der Waals surface area contributed by atoms with Crippen molar-refractivity contribution in [3.05, 3.63) is 83.9 Å². The van der Waals surface area contributed by atoms with Crippen molar-refractivity contribution in [3.8, 4) is 16.3 Å². The minimum atomic E-state index is -0.0345. The molecule has 0 saturated heterocycles. The van der Waals surface area contributed by atoms with E-state index in [4.69, 9.17) is 5.10 Å². The average molecular weight is 363 g/mol. The fourth-order valence-electron chi connectivity index (χ4n) is 2.57. The van der Waals surface area contributed by atoms with Crippen LogP contribution in [0.25, 0.3) is 16.3 Å². The molecule has 0 saturated carbocycles. The monoisotopic (exact) mass is 363 g/mol. The Labute approximate surface area is 157 Å². The van der Waals surface area contributed by atoms with Crippen molar-refractivity contribution in [2.75, 3.05) is 7.05 Å². The average Bonchev–Trinajstić information content (AvgIpc) is 3.32. The molecule has 0 aliphatic heterocycles. The first kappa shape index (κ1) is 17.9. The van der Waals surface area contributed by atoms with Gasteiger partial charge in [0.15, 0.2) is 0 Å². The Balaban J connectivity index is 1.90. The highest BCUT2D eigenvalue weighted by Crippen LogP contribution is 2.28. The van der Waals surface area contributed by atoms with E-state index >= 15 is 0 Å². The molecule has 0 aliphatic rings. The minimum Gasteiger partial charge on any atom is -0.338 e. The van der Waals surface area contributed by atoms with E-state index in [1.807, 2.05) is 71.7 Å². The second-order valence-corrected chi connectivity index (χ2v) is 6.79. The lowest BCUT2D eigenvalue weighted by molar-refractivity contribution is -0.125. The minimum absolute atomic E-state index is 0.0345. The molecule has 26 heavy (non-hydrogen) atoms. The number of para-hydroxylation sites is 1. The summed E-state index contributed by atoms with van der Waals surface area (Å²) in [5.41, 5.74) is 2.94. The molecule has 3 aromatic rings. The lowest BCUT2D eigenvalue weighted by Crippen LogP contribution is -2.24. The van der Waals surface area contributed by atoms with Gasteiger partial charge in [-0.2, -0.15) is 5.10 Å². The zero-order valence-electron chi connectivity index (χ0n) is 14.9. The third-order valence-electron chi connectivity index (χ3n) is 3.89. The number of aromatic nitrogens is 2. The molecule has 5 heteroatoms. The van der Waals surface area contributed by atoms with Crippen LogP contribution in [0.5, 0.6) is 0 Å². The van der Waals surface area contributed by atoms with Gasteiger partial charge in [0.1, 0.15) is 5.69 Å². The topological polar surface area (TPSA) is 38.1 Å². The number of nitrogens with zero attached hydrogens (tertiary/aromatic N) is 3. The quantitative estimate of drug-likeness (QED) is 0.471. The highest BCUT2D eigenvalue weighted by atomic mass is 32.1. The van der Waals surface area contributed by atoms with Gasteiger partial charge >= 0.3 is 0 Å². The molecule has 132 valence electrons. The van der Waals surface area contributed by atoms with E-state index in [0.717, 1.165) is 21.8 Å². The number of likely N-dealkylation sites (N-methyl/N-ethyl adjacent to an activating group) is 1. The van der Waals surface area contributed by atoms with E-state index in [1.54, 1.807) is 35.4 Å². The predicted octanol–water partition coefficient (Wildman–Crippen LogP) is 4.69. The van der Waals surface area contributed by atoms with Crippen LogP contribution in [0.4, 0.5) is 0 Å². The summed E-state index contributed by atoms with van der Waals surface area (Å²) in [7, 11) is 1.81. The second kappa shape index (κ2) is 8.45. The molecule has 0 spiro atoms. The number of hydrogen-bond acceptors (Lipinski definition) is 3. The van der Waals surface area contributed by atoms with Crippen LogP contribution in [-0.4, -0.2) is 27.6 Å².